The van der Waals surface area contributed by atoms with Crippen molar-refractivity contribution in [1.82, 2.24) is 15.3 Å². The number of aromatic nitrogens is 2. The third-order valence-electron chi connectivity index (χ3n) is 4.39. The third kappa shape index (κ3) is 4.78. The van der Waals surface area contributed by atoms with Crippen LogP contribution in [0.15, 0.2) is 42.7 Å². The van der Waals surface area contributed by atoms with Gasteiger partial charge in [-0.15, -0.1) is 0 Å². The topological polar surface area (TPSA) is 66.9 Å². The number of hydrogen-bond donors (Lipinski definition) is 2. The first-order chi connectivity index (χ1) is 11.8. The molecule has 0 unspecified atom stereocenters. The monoisotopic (exact) mass is 324 g/mol. The first-order valence-corrected chi connectivity index (χ1v) is 8.72. The van der Waals surface area contributed by atoms with Crippen LogP contribution in [0.3, 0.4) is 0 Å². The second-order valence-corrected chi connectivity index (χ2v) is 6.29. The molecule has 1 aliphatic carbocycles. The van der Waals surface area contributed by atoms with Gasteiger partial charge in [-0.05, 0) is 18.4 Å². The van der Waals surface area contributed by atoms with Gasteiger partial charge >= 0.3 is 0 Å². The minimum Gasteiger partial charge on any atom is -0.365 e. The number of carbonyl (C=O) groups is 1. The molecule has 1 aromatic carbocycles. The van der Waals surface area contributed by atoms with Crippen LogP contribution in [0.5, 0.6) is 0 Å². The fourth-order valence-electron chi connectivity index (χ4n) is 3.01. The van der Waals surface area contributed by atoms with Gasteiger partial charge in [-0.2, -0.15) is 0 Å². The average Bonchev–Trinajstić information content (AvgIpc) is 2.90. The Morgan fingerprint density at radius 2 is 1.75 bits per heavy atom. The first-order valence-electron chi connectivity index (χ1n) is 8.72. The maximum absolute atomic E-state index is 12.3. The average molecular weight is 324 g/mol. The van der Waals surface area contributed by atoms with Crippen LogP contribution < -0.4 is 10.6 Å². The van der Waals surface area contributed by atoms with E-state index in [1.807, 2.05) is 18.2 Å². The zero-order valence-corrected chi connectivity index (χ0v) is 13.9. The molecule has 0 saturated heterocycles. The van der Waals surface area contributed by atoms with Crippen LogP contribution in [0, 0.1) is 0 Å². The minimum atomic E-state index is -0.121. The van der Waals surface area contributed by atoms with Gasteiger partial charge in [0.2, 0.25) is 0 Å². The molecule has 1 aliphatic rings. The molecule has 0 atom stereocenters. The van der Waals surface area contributed by atoms with E-state index in [-0.39, 0.29) is 11.9 Å². The third-order valence-corrected chi connectivity index (χ3v) is 4.39. The number of benzene rings is 1. The van der Waals surface area contributed by atoms with E-state index in [9.17, 15) is 4.79 Å². The number of nitrogens with zero attached hydrogens (tertiary/aromatic N) is 2. The number of anilines is 1. The summed E-state index contributed by atoms with van der Waals surface area (Å²) in [7, 11) is 0. The smallest absolute Gasteiger partial charge is 0.271 e. The Kier molecular flexibility index (Phi) is 5.77. The van der Waals surface area contributed by atoms with Crippen molar-refractivity contribution in [1.29, 1.82) is 0 Å². The molecule has 1 aromatic heterocycles. The Hall–Kier alpha value is -2.43. The largest absolute Gasteiger partial charge is 0.365 e. The summed E-state index contributed by atoms with van der Waals surface area (Å²) in [6.45, 7) is 0.684. The van der Waals surface area contributed by atoms with Crippen LogP contribution in [0.25, 0.3) is 0 Å². The molecule has 1 saturated carbocycles. The lowest BCUT2D eigenvalue weighted by Crippen LogP contribution is -2.34. The lowest BCUT2D eigenvalue weighted by molar-refractivity contribution is 0.0928. The van der Waals surface area contributed by atoms with Gasteiger partial charge in [0, 0.05) is 12.6 Å². The quantitative estimate of drug-likeness (QED) is 0.826. The van der Waals surface area contributed by atoms with Crippen LogP contribution in [-0.4, -0.2) is 21.9 Å². The van der Waals surface area contributed by atoms with E-state index in [2.05, 4.69) is 32.7 Å². The number of hydrogen-bond acceptors (Lipinski definition) is 4. The van der Waals surface area contributed by atoms with Gasteiger partial charge in [0.1, 0.15) is 11.5 Å². The summed E-state index contributed by atoms with van der Waals surface area (Å²) in [6, 6.07) is 10.4. The fourth-order valence-corrected chi connectivity index (χ4v) is 3.01. The van der Waals surface area contributed by atoms with Crippen LogP contribution in [0.1, 0.15) is 54.6 Å². The van der Waals surface area contributed by atoms with Gasteiger partial charge < -0.3 is 10.6 Å². The van der Waals surface area contributed by atoms with Gasteiger partial charge in [-0.1, -0.05) is 56.0 Å². The Morgan fingerprint density at radius 1 is 1.00 bits per heavy atom. The molecule has 1 fully saturated rings. The lowest BCUT2D eigenvalue weighted by atomic mass is 10.1. The highest BCUT2D eigenvalue weighted by atomic mass is 16.1. The first kappa shape index (κ1) is 16.4. The molecular weight excluding hydrogens is 300 g/mol. The Balaban J connectivity index is 1.52. The Morgan fingerprint density at radius 3 is 2.42 bits per heavy atom. The van der Waals surface area contributed by atoms with E-state index >= 15 is 0 Å². The molecule has 3 rings (SSSR count). The van der Waals surface area contributed by atoms with Gasteiger partial charge in [-0.25, -0.2) is 9.97 Å². The highest BCUT2D eigenvalue weighted by Gasteiger charge is 2.16. The highest BCUT2D eigenvalue weighted by Crippen LogP contribution is 2.17. The number of nitrogens with one attached hydrogen (secondary N) is 2. The van der Waals surface area contributed by atoms with Crippen LogP contribution in [0.4, 0.5) is 5.82 Å². The SMILES string of the molecule is O=C(NC1CCCCCC1)c1cnc(NCc2ccccc2)cn1. The molecule has 5 nitrogen and oxygen atoms in total. The number of amides is 1. The lowest BCUT2D eigenvalue weighted by Gasteiger charge is -2.15. The molecule has 24 heavy (non-hydrogen) atoms. The second-order valence-electron chi connectivity index (χ2n) is 6.29. The van der Waals surface area contributed by atoms with Crippen molar-refractivity contribution < 1.29 is 4.79 Å². The van der Waals surface area contributed by atoms with Crippen molar-refractivity contribution in [3.8, 4) is 0 Å². The Labute approximate surface area is 142 Å². The van der Waals surface area contributed by atoms with Crippen molar-refractivity contribution in [2.45, 2.75) is 51.1 Å². The minimum absolute atomic E-state index is 0.121. The van der Waals surface area contributed by atoms with Crippen molar-refractivity contribution in [2.75, 3.05) is 5.32 Å². The molecule has 0 radical (unpaired) electrons. The number of rotatable bonds is 5. The number of carbonyl (C=O) groups excluding carboxylic acids is 1. The van der Waals surface area contributed by atoms with Crippen molar-refractivity contribution in [3.63, 3.8) is 0 Å². The van der Waals surface area contributed by atoms with Gasteiger partial charge in [0.15, 0.2) is 0 Å². The molecule has 2 aromatic rings. The van der Waals surface area contributed by atoms with E-state index in [0.717, 1.165) is 12.8 Å². The van der Waals surface area contributed by atoms with E-state index in [1.165, 1.54) is 31.2 Å². The second kappa shape index (κ2) is 8.43. The molecule has 0 aliphatic heterocycles. The summed E-state index contributed by atoms with van der Waals surface area (Å²) in [5, 5.41) is 6.30. The molecule has 126 valence electrons. The highest BCUT2D eigenvalue weighted by molar-refractivity contribution is 5.92. The molecule has 0 spiro atoms. The van der Waals surface area contributed by atoms with E-state index < -0.39 is 0 Å². The fraction of sp³-hybridized carbons (Fsp3) is 0.421. The van der Waals surface area contributed by atoms with E-state index in [1.54, 1.807) is 12.4 Å². The molecule has 0 bridgehead atoms. The van der Waals surface area contributed by atoms with Crippen molar-refractivity contribution in [3.05, 3.63) is 54.0 Å². The zero-order valence-electron chi connectivity index (χ0n) is 13.9. The normalized spacial score (nSPS) is 15.5. The predicted octanol–water partition coefficient (Wildman–Crippen LogP) is 3.54. The summed E-state index contributed by atoms with van der Waals surface area (Å²) in [4.78, 5) is 20.8. The van der Waals surface area contributed by atoms with Crippen LogP contribution in [0.2, 0.25) is 0 Å². The summed E-state index contributed by atoms with van der Waals surface area (Å²) in [5.74, 6) is 0.550. The molecule has 1 amide bonds. The predicted molar refractivity (Wildman–Crippen MR) is 94.8 cm³/mol. The van der Waals surface area contributed by atoms with Crippen molar-refractivity contribution in [2.24, 2.45) is 0 Å². The van der Waals surface area contributed by atoms with E-state index in [4.69, 9.17) is 0 Å². The van der Waals surface area contributed by atoms with Gasteiger partial charge in [0.05, 0.1) is 12.4 Å². The summed E-state index contributed by atoms with van der Waals surface area (Å²) in [5.41, 5.74) is 1.55. The van der Waals surface area contributed by atoms with E-state index in [0.29, 0.717) is 18.1 Å². The standard InChI is InChI=1S/C19H24N4O/c24-19(23-16-10-6-1-2-7-11-16)17-13-22-18(14-20-17)21-12-15-8-4-3-5-9-15/h3-5,8-9,13-14,16H,1-2,6-7,10-12H2,(H,21,22)(H,23,24). The van der Waals surface area contributed by atoms with Crippen molar-refractivity contribution >= 4 is 11.7 Å². The zero-order chi connectivity index (χ0) is 16.6. The van der Waals surface area contributed by atoms with Gasteiger partial charge in [-0.3, -0.25) is 4.79 Å². The Bertz CT molecular complexity index is 634. The summed E-state index contributed by atoms with van der Waals surface area (Å²) >= 11 is 0. The molecule has 1 heterocycles. The molecule has 5 heteroatoms. The maximum atomic E-state index is 12.3. The van der Waals surface area contributed by atoms with Crippen LogP contribution in [-0.2, 0) is 6.54 Å². The van der Waals surface area contributed by atoms with Gasteiger partial charge in [0.25, 0.3) is 5.91 Å². The van der Waals surface area contributed by atoms with Crippen LogP contribution >= 0.6 is 0 Å². The summed E-state index contributed by atoms with van der Waals surface area (Å²) < 4.78 is 0. The summed E-state index contributed by atoms with van der Waals surface area (Å²) in [6.07, 6.45) is 10.2. The molecule has 2 N–H and O–H groups in total. The molecular formula is C19H24N4O. The maximum Gasteiger partial charge on any atom is 0.271 e.